The first-order valence-electron chi connectivity index (χ1n) is 5.71. The Morgan fingerprint density at radius 1 is 1.38 bits per heavy atom. The fraction of sp³-hybridized carbons (Fsp3) is 1.00. The van der Waals surface area contributed by atoms with Crippen molar-refractivity contribution < 1.29 is 4.74 Å². The molecule has 78 valence electrons. The maximum atomic E-state index is 5.77. The number of ether oxygens (including phenoxy) is 1. The van der Waals surface area contributed by atoms with Gasteiger partial charge in [-0.3, -0.25) is 0 Å². The van der Waals surface area contributed by atoms with Crippen LogP contribution in [0.4, 0.5) is 0 Å². The lowest BCUT2D eigenvalue weighted by atomic mass is 9.96. The van der Waals surface area contributed by atoms with Gasteiger partial charge in [-0.05, 0) is 38.6 Å². The Kier molecular flexibility index (Phi) is 5.40. The molecule has 0 spiro atoms. The minimum absolute atomic E-state index is 0.570. The first-order valence-corrected chi connectivity index (χ1v) is 5.71. The molecule has 0 saturated heterocycles. The molecule has 1 N–H and O–H groups in total. The summed E-state index contributed by atoms with van der Waals surface area (Å²) < 4.78 is 5.77. The molecule has 0 amide bonds. The van der Waals surface area contributed by atoms with Gasteiger partial charge in [-0.2, -0.15) is 0 Å². The highest BCUT2D eigenvalue weighted by Crippen LogP contribution is 2.21. The van der Waals surface area contributed by atoms with Crippen molar-refractivity contribution in [3.63, 3.8) is 0 Å². The molecule has 0 heterocycles. The Balaban J connectivity index is 2.00. The molecule has 1 aliphatic rings. The van der Waals surface area contributed by atoms with Crippen molar-refractivity contribution in [2.75, 3.05) is 13.2 Å². The predicted molar refractivity (Wildman–Crippen MR) is 56.0 cm³/mol. The molecular weight excluding hydrogens is 162 g/mol. The van der Waals surface area contributed by atoms with Gasteiger partial charge in [0.05, 0.1) is 12.7 Å². The summed E-state index contributed by atoms with van der Waals surface area (Å²) in [4.78, 5) is 0. The van der Waals surface area contributed by atoms with Crippen LogP contribution in [0.1, 0.15) is 46.0 Å². The van der Waals surface area contributed by atoms with Crippen LogP contribution in [0, 0.1) is 0 Å². The molecule has 0 aromatic heterocycles. The molecule has 0 bridgehead atoms. The largest absolute Gasteiger partial charge is 0.377 e. The summed E-state index contributed by atoms with van der Waals surface area (Å²) >= 11 is 0. The zero-order valence-electron chi connectivity index (χ0n) is 9.01. The van der Waals surface area contributed by atoms with Crippen LogP contribution in [0.2, 0.25) is 0 Å². The van der Waals surface area contributed by atoms with E-state index in [4.69, 9.17) is 4.74 Å². The van der Waals surface area contributed by atoms with Crippen LogP contribution in [0.3, 0.4) is 0 Å². The summed E-state index contributed by atoms with van der Waals surface area (Å²) in [6.45, 7) is 6.44. The van der Waals surface area contributed by atoms with Crippen molar-refractivity contribution in [2.45, 2.75) is 58.1 Å². The van der Waals surface area contributed by atoms with E-state index in [0.29, 0.717) is 12.1 Å². The molecule has 2 nitrogen and oxygen atoms in total. The van der Waals surface area contributed by atoms with E-state index in [1.54, 1.807) is 0 Å². The summed E-state index contributed by atoms with van der Waals surface area (Å²) in [5.41, 5.74) is 0. The van der Waals surface area contributed by atoms with E-state index >= 15 is 0 Å². The lowest BCUT2D eigenvalue weighted by molar-refractivity contribution is -0.00879. The van der Waals surface area contributed by atoms with Gasteiger partial charge in [0.25, 0.3) is 0 Å². The van der Waals surface area contributed by atoms with Gasteiger partial charge in [0, 0.05) is 6.04 Å². The Morgan fingerprint density at radius 3 is 2.62 bits per heavy atom. The van der Waals surface area contributed by atoms with Gasteiger partial charge in [0.2, 0.25) is 0 Å². The lowest BCUT2D eigenvalue weighted by Crippen LogP contribution is -2.36. The van der Waals surface area contributed by atoms with E-state index in [2.05, 4.69) is 19.2 Å². The topological polar surface area (TPSA) is 21.3 Å². The van der Waals surface area contributed by atoms with Crippen molar-refractivity contribution in [3.05, 3.63) is 0 Å². The monoisotopic (exact) mass is 185 g/mol. The van der Waals surface area contributed by atoms with Crippen LogP contribution in [-0.4, -0.2) is 25.3 Å². The van der Waals surface area contributed by atoms with E-state index < -0.39 is 0 Å². The smallest absolute Gasteiger partial charge is 0.0623 e. The molecular formula is C11H23NO. The van der Waals surface area contributed by atoms with Gasteiger partial charge in [0.15, 0.2) is 0 Å². The van der Waals surface area contributed by atoms with Gasteiger partial charge in [-0.15, -0.1) is 0 Å². The normalized spacial score (nSPS) is 19.8. The molecule has 0 radical (unpaired) electrons. The third kappa shape index (κ3) is 4.10. The standard InChI is InChI=1S/C11H23NO/c1-3-8-12-10(4-2)9-13-11-6-5-7-11/h10-12H,3-9H2,1-2H3. The van der Waals surface area contributed by atoms with Crippen molar-refractivity contribution in [1.29, 1.82) is 0 Å². The van der Waals surface area contributed by atoms with Crippen molar-refractivity contribution in [3.8, 4) is 0 Å². The maximum absolute atomic E-state index is 5.77. The third-order valence-electron chi connectivity index (χ3n) is 2.76. The first-order chi connectivity index (χ1) is 6.36. The minimum Gasteiger partial charge on any atom is -0.377 e. The summed E-state index contributed by atoms with van der Waals surface area (Å²) in [7, 11) is 0. The van der Waals surface area contributed by atoms with Crippen LogP contribution in [-0.2, 0) is 4.74 Å². The highest BCUT2D eigenvalue weighted by molar-refractivity contribution is 4.71. The molecule has 1 aliphatic carbocycles. The quantitative estimate of drug-likeness (QED) is 0.657. The number of rotatable bonds is 7. The van der Waals surface area contributed by atoms with Crippen LogP contribution >= 0.6 is 0 Å². The van der Waals surface area contributed by atoms with Crippen LogP contribution in [0.25, 0.3) is 0 Å². The Labute approximate surface area is 82.0 Å². The molecule has 0 aromatic rings. The Bertz CT molecular complexity index is 123. The van der Waals surface area contributed by atoms with E-state index in [9.17, 15) is 0 Å². The average molecular weight is 185 g/mol. The molecule has 1 rings (SSSR count). The molecule has 2 heteroatoms. The van der Waals surface area contributed by atoms with Crippen molar-refractivity contribution in [1.82, 2.24) is 5.32 Å². The second kappa shape index (κ2) is 6.39. The van der Waals surface area contributed by atoms with Crippen LogP contribution in [0.5, 0.6) is 0 Å². The predicted octanol–water partition coefficient (Wildman–Crippen LogP) is 2.33. The highest BCUT2D eigenvalue weighted by atomic mass is 16.5. The summed E-state index contributed by atoms with van der Waals surface area (Å²) in [5, 5.41) is 3.50. The molecule has 0 aliphatic heterocycles. The summed E-state index contributed by atoms with van der Waals surface area (Å²) in [6, 6.07) is 0.570. The minimum atomic E-state index is 0.570. The van der Waals surface area contributed by atoms with Crippen molar-refractivity contribution >= 4 is 0 Å². The summed E-state index contributed by atoms with van der Waals surface area (Å²) in [5.74, 6) is 0. The number of hydrogen-bond donors (Lipinski definition) is 1. The second-order valence-corrected chi connectivity index (χ2v) is 3.95. The zero-order chi connectivity index (χ0) is 9.52. The van der Waals surface area contributed by atoms with Gasteiger partial charge >= 0.3 is 0 Å². The van der Waals surface area contributed by atoms with E-state index in [-0.39, 0.29) is 0 Å². The molecule has 0 aromatic carbocycles. The molecule has 1 unspecified atom stereocenters. The van der Waals surface area contributed by atoms with Crippen molar-refractivity contribution in [2.24, 2.45) is 0 Å². The fourth-order valence-electron chi connectivity index (χ4n) is 1.46. The third-order valence-corrected chi connectivity index (χ3v) is 2.76. The Hall–Kier alpha value is -0.0800. The molecule has 1 atom stereocenters. The first kappa shape index (κ1) is 11.0. The second-order valence-electron chi connectivity index (χ2n) is 3.95. The average Bonchev–Trinajstić information content (AvgIpc) is 2.08. The molecule has 1 saturated carbocycles. The fourth-order valence-corrected chi connectivity index (χ4v) is 1.46. The van der Waals surface area contributed by atoms with E-state index in [1.807, 2.05) is 0 Å². The van der Waals surface area contributed by atoms with Gasteiger partial charge in [-0.25, -0.2) is 0 Å². The number of nitrogens with one attached hydrogen (secondary N) is 1. The highest BCUT2D eigenvalue weighted by Gasteiger charge is 2.18. The molecule has 1 fully saturated rings. The van der Waals surface area contributed by atoms with Crippen LogP contribution < -0.4 is 5.32 Å². The SMILES string of the molecule is CCCNC(CC)COC1CCC1. The van der Waals surface area contributed by atoms with Gasteiger partial charge in [-0.1, -0.05) is 13.8 Å². The molecule has 13 heavy (non-hydrogen) atoms. The van der Waals surface area contributed by atoms with Crippen LogP contribution in [0.15, 0.2) is 0 Å². The maximum Gasteiger partial charge on any atom is 0.0623 e. The zero-order valence-corrected chi connectivity index (χ0v) is 9.01. The number of hydrogen-bond acceptors (Lipinski definition) is 2. The van der Waals surface area contributed by atoms with E-state index in [0.717, 1.165) is 13.2 Å². The summed E-state index contributed by atoms with van der Waals surface area (Å²) in [6.07, 6.45) is 6.89. The Morgan fingerprint density at radius 2 is 2.15 bits per heavy atom. The lowest BCUT2D eigenvalue weighted by Gasteiger charge is -2.28. The van der Waals surface area contributed by atoms with Gasteiger partial charge in [0.1, 0.15) is 0 Å². The van der Waals surface area contributed by atoms with E-state index in [1.165, 1.54) is 32.1 Å². The van der Waals surface area contributed by atoms with Gasteiger partial charge < -0.3 is 10.1 Å².